The summed E-state index contributed by atoms with van der Waals surface area (Å²) in [5.74, 6) is 0.864. The van der Waals surface area contributed by atoms with Gasteiger partial charge in [-0.25, -0.2) is 0 Å². The Bertz CT molecular complexity index is 292. The lowest BCUT2D eigenvalue weighted by Gasteiger charge is -2.02. The lowest BCUT2D eigenvalue weighted by atomic mass is 10.2. The summed E-state index contributed by atoms with van der Waals surface area (Å²) in [6.07, 6.45) is 4.05. The van der Waals surface area contributed by atoms with Crippen LogP contribution in [0.15, 0.2) is 28.7 Å². The molecular weight excluding hydrogens is 216 g/mol. The zero-order valence-electron chi connectivity index (χ0n) is 7.17. The molecular formula is C10H11BrO. The third-order valence-corrected chi connectivity index (χ3v) is 2.15. The molecule has 1 aromatic rings. The van der Waals surface area contributed by atoms with E-state index in [-0.39, 0.29) is 0 Å². The Morgan fingerprint density at radius 2 is 2.17 bits per heavy atom. The smallest absolute Gasteiger partial charge is 0.133 e. The standard InChI is InChI=1S/C10H11BrO/c1-3-4-8-5-6-10(12-2)9(11)7-8/h3-7H,1-2H3/b4-3-. The third-order valence-electron chi connectivity index (χ3n) is 1.53. The van der Waals surface area contributed by atoms with Crippen molar-refractivity contribution in [1.29, 1.82) is 0 Å². The second-order valence-electron chi connectivity index (χ2n) is 2.39. The first-order valence-corrected chi connectivity index (χ1v) is 4.53. The van der Waals surface area contributed by atoms with Gasteiger partial charge >= 0.3 is 0 Å². The van der Waals surface area contributed by atoms with Gasteiger partial charge in [0.15, 0.2) is 0 Å². The Kier molecular flexibility index (Phi) is 3.35. The Hall–Kier alpha value is -0.760. The predicted molar refractivity (Wildman–Crippen MR) is 55.4 cm³/mol. The first-order valence-electron chi connectivity index (χ1n) is 3.74. The van der Waals surface area contributed by atoms with Crippen LogP contribution in [0.1, 0.15) is 12.5 Å². The lowest BCUT2D eigenvalue weighted by molar-refractivity contribution is 0.412. The summed E-state index contributed by atoms with van der Waals surface area (Å²) in [7, 11) is 1.66. The average Bonchev–Trinajstić information content (AvgIpc) is 2.05. The number of ether oxygens (including phenoxy) is 1. The van der Waals surface area contributed by atoms with Crippen molar-refractivity contribution < 1.29 is 4.74 Å². The molecule has 0 aromatic heterocycles. The summed E-state index contributed by atoms with van der Waals surface area (Å²) in [4.78, 5) is 0. The van der Waals surface area contributed by atoms with Crippen LogP contribution in [0.5, 0.6) is 5.75 Å². The highest BCUT2D eigenvalue weighted by atomic mass is 79.9. The van der Waals surface area contributed by atoms with Crippen LogP contribution < -0.4 is 4.74 Å². The van der Waals surface area contributed by atoms with Crippen LogP contribution in [-0.4, -0.2) is 7.11 Å². The molecule has 64 valence electrons. The Labute approximate surface area is 81.2 Å². The predicted octanol–water partition coefficient (Wildman–Crippen LogP) is 3.49. The largest absolute Gasteiger partial charge is 0.496 e. The minimum atomic E-state index is 0.864. The van der Waals surface area contributed by atoms with E-state index in [1.807, 2.05) is 37.3 Å². The van der Waals surface area contributed by atoms with Crippen LogP contribution >= 0.6 is 15.9 Å². The minimum Gasteiger partial charge on any atom is -0.496 e. The molecule has 1 nitrogen and oxygen atoms in total. The van der Waals surface area contributed by atoms with Crippen LogP contribution in [0.2, 0.25) is 0 Å². The molecule has 0 saturated carbocycles. The van der Waals surface area contributed by atoms with Crippen molar-refractivity contribution in [2.45, 2.75) is 6.92 Å². The van der Waals surface area contributed by atoms with E-state index in [9.17, 15) is 0 Å². The summed E-state index contributed by atoms with van der Waals surface area (Å²) < 4.78 is 6.09. The van der Waals surface area contributed by atoms with E-state index in [4.69, 9.17) is 4.74 Å². The van der Waals surface area contributed by atoms with Gasteiger partial charge in [-0.05, 0) is 40.5 Å². The van der Waals surface area contributed by atoms with E-state index in [0.717, 1.165) is 10.2 Å². The van der Waals surface area contributed by atoms with Gasteiger partial charge in [-0.2, -0.15) is 0 Å². The fourth-order valence-electron chi connectivity index (χ4n) is 0.979. The quantitative estimate of drug-likeness (QED) is 0.751. The second kappa shape index (κ2) is 4.31. The number of allylic oxidation sites excluding steroid dienone is 1. The second-order valence-corrected chi connectivity index (χ2v) is 3.25. The van der Waals surface area contributed by atoms with Crippen LogP contribution in [0.25, 0.3) is 6.08 Å². The Morgan fingerprint density at radius 3 is 2.67 bits per heavy atom. The normalized spacial score (nSPS) is 10.6. The van der Waals surface area contributed by atoms with Gasteiger partial charge in [0.1, 0.15) is 5.75 Å². The van der Waals surface area contributed by atoms with Crippen molar-refractivity contribution in [2.75, 3.05) is 7.11 Å². The first-order chi connectivity index (χ1) is 5.77. The van der Waals surface area contributed by atoms with Gasteiger partial charge in [0.2, 0.25) is 0 Å². The topological polar surface area (TPSA) is 9.23 Å². The molecule has 0 atom stereocenters. The zero-order chi connectivity index (χ0) is 8.97. The van der Waals surface area contributed by atoms with Crippen LogP contribution in [0.4, 0.5) is 0 Å². The number of halogens is 1. The van der Waals surface area contributed by atoms with Gasteiger partial charge in [-0.1, -0.05) is 18.2 Å². The molecule has 0 fully saturated rings. The van der Waals surface area contributed by atoms with E-state index in [1.54, 1.807) is 7.11 Å². The van der Waals surface area contributed by atoms with Crippen LogP contribution in [-0.2, 0) is 0 Å². The molecule has 0 amide bonds. The average molecular weight is 227 g/mol. The summed E-state index contributed by atoms with van der Waals surface area (Å²) in [5, 5.41) is 0. The molecule has 0 spiro atoms. The van der Waals surface area contributed by atoms with Crippen molar-refractivity contribution in [1.82, 2.24) is 0 Å². The molecule has 0 radical (unpaired) electrons. The lowest BCUT2D eigenvalue weighted by Crippen LogP contribution is -1.84. The number of hydrogen-bond acceptors (Lipinski definition) is 1. The maximum Gasteiger partial charge on any atom is 0.133 e. The van der Waals surface area contributed by atoms with E-state index in [1.165, 1.54) is 5.56 Å². The molecule has 0 aliphatic heterocycles. The fourth-order valence-corrected chi connectivity index (χ4v) is 1.54. The highest BCUT2D eigenvalue weighted by molar-refractivity contribution is 9.10. The summed E-state index contributed by atoms with van der Waals surface area (Å²) >= 11 is 3.42. The van der Waals surface area contributed by atoms with Gasteiger partial charge in [-0.15, -0.1) is 0 Å². The SMILES string of the molecule is C/C=C\c1ccc(OC)c(Br)c1. The molecule has 0 aliphatic rings. The maximum atomic E-state index is 5.11. The van der Waals surface area contributed by atoms with E-state index < -0.39 is 0 Å². The highest BCUT2D eigenvalue weighted by Crippen LogP contribution is 2.25. The minimum absolute atomic E-state index is 0.864. The van der Waals surface area contributed by atoms with Gasteiger partial charge in [0.25, 0.3) is 0 Å². The zero-order valence-corrected chi connectivity index (χ0v) is 8.76. The Balaban J connectivity index is 3.01. The molecule has 0 aliphatic carbocycles. The van der Waals surface area contributed by atoms with Crippen molar-refractivity contribution in [3.05, 3.63) is 34.3 Å². The van der Waals surface area contributed by atoms with Gasteiger partial charge < -0.3 is 4.74 Å². The molecule has 0 N–H and O–H groups in total. The number of benzene rings is 1. The highest BCUT2D eigenvalue weighted by Gasteiger charge is 1.97. The molecule has 2 heteroatoms. The maximum absolute atomic E-state index is 5.11. The molecule has 0 heterocycles. The molecule has 1 aromatic carbocycles. The number of methoxy groups -OCH3 is 1. The van der Waals surface area contributed by atoms with Gasteiger partial charge in [0, 0.05) is 0 Å². The van der Waals surface area contributed by atoms with E-state index >= 15 is 0 Å². The molecule has 12 heavy (non-hydrogen) atoms. The molecule has 0 unspecified atom stereocenters. The monoisotopic (exact) mass is 226 g/mol. The summed E-state index contributed by atoms with van der Waals surface area (Å²) in [6.45, 7) is 2.00. The Morgan fingerprint density at radius 1 is 1.42 bits per heavy atom. The van der Waals surface area contributed by atoms with Gasteiger partial charge in [-0.3, -0.25) is 0 Å². The summed E-state index contributed by atoms with van der Waals surface area (Å²) in [5.41, 5.74) is 1.17. The van der Waals surface area contributed by atoms with Crippen molar-refractivity contribution in [2.24, 2.45) is 0 Å². The van der Waals surface area contributed by atoms with E-state index in [2.05, 4.69) is 15.9 Å². The summed E-state index contributed by atoms with van der Waals surface area (Å²) in [6, 6.07) is 5.99. The fraction of sp³-hybridized carbons (Fsp3) is 0.200. The number of rotatable bonds is 2. The van der Waals surface area contributed by atoms with Crippen LogP contribution in [0, 0.1) is 0 Å². The van der Waals surface area contributed by atoms with Crippen molar-refractivity contribution in [3.8, 4) is 5.75 Å². The first kappa shape index (κ1) is 9.33. The third kappa shape index (κ3) is 2.11. The molecule has 1 rings (SSSR count). The number of hydrogen-bond donors (Lipinski definition) is 0. The van der Waals surface area contributed by atoms with Gasteiger partial charge in [0.05, 0.1) is 11.6 Å². The van der Waals surface area contributed by atoms with Crippen molar-refractivity contribution in [3.63, 3.8) is 0 Å². The van der Waals surface area contributed by atoms with E-state index in [0.29, 0.717) is 0 Å². The molecule has 0 saturated heterocycles. The van der Waals surface area contributed by atoms with Crippen LogP contribution in [0.3, 0.4) is 0 Å². The molecule has 0 bridgehead atoms. The van der Waals surface area contributed by atoms with Crippen molar-refractivity contribution >= 4 is 22.0 Å².